The Bertz CT molecular complexity index is 727. The Morgan fingerprint density at radius 3 is 2.33 bits per heavy atom. The van der Waals surface area contributed by atoms with Gasteiger partial charge in [0, 0.05) is 20.0 Å². The van der Waals surface area contributed by atoms with E-state index in [4.69, 9.17) is 9.47 Å². The van der Waals surface area contributed by atoms with Gasteiger partial charge in [-0.1, -0.05) is 25.1 Å². The van der Waals surface area contributed by atoms with Crippen molar-refractivity contribution in [1.82, 2.24) is 5.32 Å². The molecule has 1 amide bonds. The van der Waals surface area contributed by atoms with E-state index in [2.05, 4.69) is 5.32 Å². The first-order chi connectivity index (χ1) is 14.2. The van der Waals surface area contributed by atoms with Crippen LogP contribution in [0.15, 0.2) is 30.3 Å². The van der Waals surface area contributed by atoms with E-state index in [-0.39, 0.29) is 32.8 Å². The van der Waals surface area contributed by atoms with Gasteiger partial charge in [-0.25, -0.2) is 4.79 Å². The summed E-state index contributed by atoms with van der Waals surface area (Å²) in [5.41, 5.74) is -0.896. The summed E-state index contributed by atoms with van der Waals surface area (Å²) in [6.07, 6.45) is 1.78. The fraction of sp³-hybridized carbons (Fsp3) is 0.609. The summed E-state index contributed by atoms with van der Waals surface area (Å²) in [5.74, 6) is -0.852. The highest BCUT2D eigenvalue weighted by molar-refractivity contribution is 6.02. The predicted octanol–water partition coefficient (Wildman–Crippen LogP) is 3.46. The van der Waals surface area contributed by atoms with E-state index in [1.807, 2.05) is 51.1 Å². The number of benzene rings is 1. The van der Waals surface area contributed by atoms with E-state index < -0.39 is 17.1 Å². The number of hydrogen-bond acceptors (Lipinski definition) is 6. The van der Waals surface area contributed by atoms with Crippen molar-refractivity contribution in [2.75, 3.05) is 24.6 Å². The molecule has 7 heteroatoms. The molecule has 0 saturated carbocycles. The van der Waals surface area contributed by atoms with Gasteiger partial charge in [0.1, 0.15) is 11.1 Å². The fourth-order valence-electron chi connectivity index (χ4n) is 3.63. The molecule has 0 unspecified atom stereocenters. The molecule has 7 nitrogen and oxygen atoms in total. The van der Waals surface area contributed by atoms with Crippen LogP contribution in [0.2, 0.25) is 0 Å². The van der Waals surface area contributed by atoms with Crippen LogP contribution in [0.4, 0.5) is 5.69 Å². The Balaban J connectivity index is 0.00000480. The topological polar surface area (TPSA) is 84.9 Å². The number of piperidine rings is 1. The summed E-state index contributed by atoms with van der Waals surface area (Å²) in [6.45, 7) is 8.58. The molecule has 0 radical (unpaired) electrons. The minimum atomic E-state index is -1.05. The second-order valence-corrected chi connectivity index (χ2v) is 8.53. The Hall–Kier alpha value is -2.41. The molecule has 0 bridgehead atoms. The zero-order chi connectivity index (χ0) is 22.2. The third-order valence-corrected chi connectivity index (χ3v) is 4.98. The average Bonchev–Trinajstić information content (AvgIpc) is 2.71. The molecule has 0 aliphatic carbocycles. The number of amides is 1. The van der Waals surface area contributed by atoms with Gasteiger partial charge in [-0.2, -0.15) is 0 Å². The van der Waals surface area contributed by atoms with Crippen molar-refractivity contribution in [3.63, 3.8) is 0 Å². The monoisotopic (exact) mass is 420 g/mol. The predicted molar refractivity (Wildman–Crippen MR) is 117 cm³/mol. The Kier molecular flexibility index (Phi) is 8.41. The molecule has 1 aliphatic rings. The van der Waals surface area contributed by atoms with Crippen LogP contribution in [0.25, 0.3) is 0 Å². The van der Waals surface area contributed by atoms with Crippen LogP contribution < -0.4 is 10.2 Å². The Morgan fingerprint density at radius 1 is 1.13 bits per heavy atom. The number of nitrogens with one attached hydrogen (secondary N) is 1. The molecule has 2 rings (SSSR count). The molecule has 0 atom stereocenters. The Morgan fingerprint density at radius 2 is 1.77 bits per heavy atom. The van der Waals surface area contributed by atoms with E-state index in [9.17, 15) is 14.4 Å². The summed E-state index contributed by atoms with van der Waals surface area (Å²) in [4.78, 5) is 39.7. The summed E-state index contributed by atoms with van der Waals surface area (Å²) in [7, 11) is 0. The van der Waals surface area contributed by atoms with Crippen LogP contribution in [-0.2, 0) is 23.9 Å². The first kappa shape index (κ1) is 23.9. The van der Waals surface area contributed by atoms with Gasteiger partial charge >= 0.3 is 11.9 Å². The molecule has 1 aromatic rings. The second-order valence-electron chi connectivity index (χ2n) is 8.53. The van der Waals surface area contributed by atoms with Gasteiger partial charge < -0.3 is 14.8 Å². The standard InChI is InChI=1S/C23H34N2O5.H2/c1-5-19(26)25(18-10-7-6-8-11-18)23(13-15-24-16-14-23)21(28)29-17-9-12-20(27)30-22(2,3)4;/h6-8,10-11,24H,5,9,12-17H2,1-4H3;1H. The maximum absolute atomic E-state index is 13.3. The number of anilines is 1. The maximum Gasteiger partial charge on any atom is 0.332 e. The van der Waals surface area contributed by atoms with Crippen molar-refractivity contribution >= 4 is 23.5 Å². The Labute approximate surface area is 180 Å². The number of hydrogen-bond donors (Lipinski definition) is 1. The van der Waals surface area contributed by atoms with E-state index in [1.165, 1.54) is 0 Å². The van der Waals surface area contributed by atoms with Gasteiger partial charge in [-0.3, -0.25) is 14.5 Å². The van der Waals surface area contributed by atoms with Crippen LogP contribution in [0.3, 0.4) is 0 Å². The summed E-state index contributed by atoms with van der Waals surface area (Å²) >= 11 is 0. The van der Waals surface area contributed by atoms with Crippen molar-refractivity contribution in [2.45, 2.75) is 70.9 Å². The molecule has 168 valence electrons. The molecule has 1 saturated heterocycles. The number of rotatable bonds is 8. The molecule has 30 heavy (non-hydrogen) atoms. The van der Waals surface area contributed by atoms with Gasteiger partial charge in [-0.15, -0.1) is 0 Å². The second kappa shape index (κ2) is 10.6. The first-order valence-electron chi connectivity index (χ1n) is 10.7. The van der Waals surface area contributed by atoms with Gasteiger partial charge in [0.15, 0.2) is 0 Å². The number of ether oxygens (including phenoxy) is 2. The minimum Gasteiger partial charge on any atom is -0.464 e. The summed E-state index contributed by atoms with van der Waals surface area (Å²) in [6, 6.07) is 9.26. The average molecular weight is 421 g/mol. The molecule has 1 aromatic carbocycles. The number of esters is 2. The van der Waals surface area contributed by atoms with Crippen molar-refractivity contribution in [3.8, 4) is 0 Å². The van der Waals surface area contributed by atoms with Crippen molar-refractivity contribution < 1.29 is 25.3 Å². The SMILES string of the molecule is CCC(=O)N(c1ccccc1)C1(C(=O)OCCCC(=O)OC(C)(C)C)CCNCC1.[HH]. The van der Waals surface area contributed by atoms with E-state index in [0.29, 0.717) is 38.0 Å². The molecule has 1 N–H and O–H groups in total. The third kappa shape index (κ3) is 6.29. The van der Waals surface area contributed by atoms with E-state index in [0.717, 1.165) is 0 Å². The zero-order valence-corrected chi connectivity index (χ0v) is 18.5. The molecule has 0 spiro atoms. The van der Waals surface area contributed by atoms with Gasteiger partial charge in [-0.05, 0) is 65.3 Å². The summed E-state index contributed by atoms with van der Waals surface area (Å²) in [5, 5.41) is 3.25. The first-order valence-corrected chi connectivity index (χ1v) is 10.7. The quantitative estimate of drug-likeness (QED) is 0.512. The third-order valence-electron chi connectivity index (χ3n) is 4.98. The fourth-order valence-corrected chi connectivity index (χ4v) is 3.63. The highest BCUT2D eigenvalue weighted by atomic mass is 16.6. The molecular formula is C23H36N2O5. The lowest BCUT2D eigenvalue weighted by Gasteiger charge is -2.44. The minimum absolute atomic E-state index is 0. The number of para-hydroxylation sites is 1. The van der Waals surface area contributed by atoms with Crippen LogP contribution in [-0.4, -0.2) is 48.7 Å². The molecule has 0 aromatic heterocycles. The molecule has 1 aliphatic heterocycles. The normalized spacial score (nSPS) is 15.9. The molecular weight excluding hydrogens is 384 g/mol. The molecule has 1 fully saturated rings. The lowest BCUT2D eigenvalue weighted by molar-refractivity contribution is -0.158. The smallest absolute Gasteiger partial charge is 0.332 e. The highest BCUT2D eigenvalue weighted by Crippen LogP contribution is 2.33. The van der Waals surface area contributed by atoms with Crippen molar-refractivity contribution in [3.05, 3.63) is 30.3 Å². The van der Waals surface area contributed by atoms with Crippen molar-refractivity contribution in [2.24, 2.45) is 0 Å². The number of carbonyl (C=O) groups excluding carboxylic acids is 3. The largest absolute Gasteiger partial charge is 0.464 e. The van der Waals surface area contributed by atoms with E-state index in [1.54, 1.807) is 11.8 Å². The van der Waals surface area contributed by atoms with Gasteiger partial charge in [0.05, 0.1) is 6.61 Å². The molecule has 1 heterocycles. The maximum atomic E-state index is 13.3. The highest BCUT2D eigenvalue weighted by Gasteiger charge is 2.48. The van der Waals surface area contributed by atoms with Crippen LogP contribution >= 0.6 is 0 Å². The van der Waals surface area contributed by atoms with Gasteiger partial charge in [0.25, 0.3) is 0 Å². The van der Waals surface area contributed by atoms with Crippen LogP contribution in [0, 0.1) is 0 Å². The van der Waals surface area contributed by atoms with Gasteiger partial charge in [0.2, 0.25) is 5.91 Å². The van der Waals surface area contributed by atoms with Crippen molar-refractivity contribution in [1.29, 1.82) is 0 Å². The lowest BCUT2D eigenvalue weighted by atomic mass is 9.85. The van der Waals surface area contributed by atoms with Crippen LogP contribution in [0.5, 0.6) is 0 Å². The summed E-state index contributed by atoms with van der Waals surface area (Å²) < 4.78 is 10.9. The lowest BCUT2D eigenvalue weighted by Crippen LogP contribution is -2.62. The number of nitrogens with zero attached hydrogens (tertiary/aromatic N) is 1. The zero-order valence-electron chi connectivity index (χ0n) is 18.5. The van der Waals surface area contributed by atoms with Crippen LogP contribution in [0.1, 0.15) is 61.2 Å². The van der Waals surface area contributed by atoms with E-state index >= 15 is 0 Å². The number of carbonyl (C=O) groups is 3.